The third-order valence-corrected chi connectivity index (χ3v) is 3.27. The third kappa shape index (κ3) is 8.24. The van der Waals surface area contributed by atoms with Crippen LogP contribution in [0.2, 0.25) is 0 Å². The van der Waals surface area contributed by atoms with Crippen LogP contribution in [0.3, 0.4) is 0 Å². The van der Waals surface area contributed by atoms with Gasteiger partial charge in [0.05, 0.1) is 6.42 Å². The molecule has 0 spiro atoms. The smallest absolute Gasteiger partial charge is 0.355 e. The minimum absolute atomic E-state index is 0.222. The van der Waals surface area contributed by atoms with Crippen LogP contribution in [0.25, 0.3) is 0 Å². The van der Waals surface area contributed by atoms with Crippen molar-refractivity contribution in [2.24, 2.45) is 0 Å². The third-order valence-electron chi connectivity index (χ3n) is 3.27. The first-order valence-electron chi connectivity index (χ1n) is 8.34. The summed E-state index contributed by atoms with van der Waals surface area (Å²) in [6.07, 6.45) is 6.28. The molecule has 0 aliphatic carbocycles. The molecule has 1 aromatic rings. The van der Waals surface area contributed by atoms with Gasteiger partial charge in [0, 0.05) is 6.42 Å². The molecule has 0 amide bonds. The average Bonchev–Trinajstić information content (AvgIpc) is 2.54. The van der Waals surface area contributed by atoms with Crippen LogP contribution in [0.4, 0.5) is 0 Å². The maximum Gasteiger partial charge on any atom is 0.355 e. The Labute approximate surface area is 137 Å². The molecule has 0 radical (unpaired) electrons. The van der Waals surface area contributed by atoms with E-state index in [1.165, 1.54) is 0 Å². The van der Waals surface area contributed by atoms with Crippen molar-refractivity contribution in [2.45, 2.75) is 65.2 Å². The zero-order valence-corrected chi connectivity index (χ0v) is 14.0. The molecule has 0 aliphatic rings. The molecule has 1 rings (SSSR count). The molecule has 1 aromatic carbocycles. The van der Waals surface area contributed by atoms with Gasteiger partial charge in [0.2, 0.25) is 5.75 Å². The molecule has 0 saturated carbocycles. The van der Waals surface area contributed by atoms with Crippen LogP contribution in [0, 0.1) is 0 Å². The van der Waals surface area contributed by atoms with E-state index in [9.17, 15) is 9.59 Å². The number of hydrogen-bond donors (Lipinski definition) is 0. The standard InChI is InChI=1S/C18H26O5/c1-3-5-7-13-17(19)21-15-11-9-10-12-16(15)22-23-18(20)14-8-6-4-2/h9-12H,3-8,13-14H2,1-2H3. The normalized spacial score (nSPS) is 10.2. The number of para-hydroxylation sites is 2. The first kappa shape index (κ1) is 19.0. The highest BCUT2D eigenvalue weighted by Crippen LogP contribution is 2.27. The summed E-state index contributed by atoms with van der Waals surface area (Å²) in [7, 11) is 0. The van der Waals surface area contributed by atoms with Gasteiger partial charge in [-0.1, -0.05) is 51.7 Å². The van der Waals surface area contributed by atoms with Gasteiger partial charge in [0.15, 0.2) is 5.75 Å². The van der Waals surface area contributed by atoms with Gasteiger partial charge in [-0.3, -0.25) is 14.6 Å². The zero-order valence-electron chi connectivity index (χ0n) is 14.0. The Morgan fingerprint density at radius 3 is 2.00 bits per heavy atom. The minimum Gasteiger partial charge on any atom is -0.422 e. The van der Waals surface area contributed by atoms with E-state index in [2.05, 4.69) is 13.8 Å². The predicted octanol–water partition coefficient (Wildman–Crippen LogP) is 4.59. The van der Waals surface area contributed by atoms with E-state index in [0.717, 1.165) is 38.5 Å². The lowest BCUT2D eigenvalue weighted by atomic mass is 10.2. The Morgan fingerprint density at radius 2 is 1.39 bits per heavy atom. The Hall–Kier alpha value is -2.04. The first-order chi connectivity index (χ1) is 11.2. The number of carbonyl (C=O) groups is 2. The summed E-state index contributed by atoms with van der Waals surface area (Å²) in [6, 6.07) is 6.64. The molecule has 0 bridgehead atoms. The molecule has 128 valence electrons. The maximum absolute atomic E-state index is 11.8. The highest BCUT2D eigenvalue weighted by Gasteiger charge is 2.12. The van der Waals surface area contributed by atoms with Gasteiger partial charge < -0.3 is 4.74 Å². The fraction of sp³-hybridized carbons (Fsp3) is 0.556. The molecule has 0 atom stereocenters. The summed E-state index contributed by atoms with van der Waals surface area (Å²) in [5, 5.41) is 0. The highest BCUT2D eigenvalue weighted by molar-refractivity contribution is 5.73. The van der Waals surface area contributed by atoms with E-state index in [0.29, 0.717) is 12.8 Å². The van der Waals surface area contributed by atoms with E-state index in [-0.39, 0.29) is 17.5 Å². The van der Waals surface area contributed by atoms with Crippen LogP contribution in [0.1, 0.15) is 65.2 Å². The average molecular weight is 322 g/mol. The second-order valence-corrected chi connectivity index (χ2v) is 5.37. The summed E-state index contributed by atoms with van der Waals surface area (Å²) in [5.41, 5.74) is 0. The number of carbonyl (C=O) groups excluding carboxylic acids is 2. The molecule has 0 heterocycles. The number of hydrogen-bond acceptors (Lipinski definition) is 5. The van der Waals surface area contributed by atoms with Crippen LogP contribution in [0.15, 0.2) is 24.3 Å². The van der Waals surface area contributed by atoms with Crippen molar-refractivity contribution in [2.75, 3.05) is 0 Å². The maximum atomic E-state index is 11.8. The van der Waals surface area contributed by atoms with Crippen LogP contribution in [0.5, 0.6) is 11.5 Å². The summed E-state index contributed by atoms with van der Waals surface area (Å²) < 4.78 is 5.27. The van der Waals surface area contributed by atoms with Gasteiger partial charge in [-0.15, -0.1) is 0 Å². The second kappa shape index (κ2) is 11.5. The fourth-order valence-electron chi connectivity index (χ4n) is 1.95. The van der Waals surface area contributed by atoms with Crippen molar-refractivity contribution in [1.29, 1.82) is 0 Å². The topological polar surface area (TPSA) is 61.8 Å². The van der Waals surface area contributed by atoms with E-state index >= 15 is 0 Å². The Bertz CT molecular complexity index is 484. The number of esters is 1. The quantitative estimate of drug-likeness (QED) is 0.196. The molecule has 0 aliphatic heterocycles. The van der Waals surface area contributed by atoms with Gasteiger partial charge in [-0.25, -0.2) is 4.79 Å². The van der Waals surface area contributed by atoms with Gasteiger partial charge in [-0.2, -0.15) is 0 Å². The van der Waals surface area contributed by atoms with Crippen molar-refractivity contribution >= 4 is 11.9 Å². The second-order valence-electron chi connectivity index (χ2n) is 5.37. The molecule has 0 aromatic heterocycles. The summed E-state index contributed by atoms with van der Waals surface area (Å²) in [5.74, 6) is -0.262. The molecule has 0 N–H and O–H groups in total. The summed E-state index contributed by atoms with van der Waals surface area (Å²) in [4.78, 5) is 33.1. The van der Waals surface area contributed by atoms with Crippen LogP contribution in [-0.2, 0) is 14.5 Å². The lowest BCUT2D eigenvalue weighted by molar-refractivity contribution is -0.214. The highest BCUT2D eigenvalue weighted by atomic mass is 17.2. The summed E-state index contributed by atoms with van der Waals surface area (Å²) >= 11 is 0. The Morgan fingerprint density at radius 1 is 0.826 bits per heavy atom. The van der Waals surface area contributed by atoms with Gasteiger partial charge in [0.1, 0.15) is 0 Å². The van der Waals surface area contributed by atoms with Gasteiger partial charge in [0.25, 0.3) is 0 Å². The van der Waals surface area contributed by atoms with E-state index in [1.54, 1.807) is 24.3 Å². The van der Waals surface area contributed by atoms with E-state index in [1.807, 2.05) is 0 Å². The molecule has 0 unspecified atom stereocenters. The monoisotopic (exact) mass is 322 g/mol. The van der Waals surface area contributed by atoms with Crippen LogP contribution < -0.4 is 9.62 Å². The van der Waals surface area contributed by atoms with Crippen molar-refractivity contribution in [3.63, 3.8) is 0 Å². The Balaban J connectivity index is 2.46. The molecule has 5 heteroatoms. The largest absolute Gasteiger partial charge is 0.422 e. The fourth-order valence-corrected chi connectivity index (χ4v) is 1.95. The van der Waals surface area contributed by atoms with Crippen molar-refractivity contribution < 1.29 is 24.1 Å². The molecular weight excluding hydrogens is 296 g/mol. The van der Waals surface area contributed by atoms with E-state index in [4.69, 9.17) is 14.5 Å². The van der Waals surface area contributed by atoms with Crippen molar-refractivity contribution in [3.05, 3.63) is 24.3 Å². The molecule has 0 saturated heterocycles. The van der Waals surface area contributed by atoms with Crippen molar-refractivity contribution in [1.82, 2.24) is 0 Å². The van der Waals surface area contributed by atoms with E-state index < -0.39 is 5.97 Å². The molecule has 0 fully saturated rings. The minimum atomic E-state index is -0.428. The lowest BCUT2D eigenvalue weighted by Crippen LogP contribution is -2.11. The number of unbranched alkanes of at least 4 members (excludes halogenated alkanes) is 4. The van der Waals surface area contributed by atoms with Crippen LogP contribution >= 0.6 is 0 Å². The number of ether oxygens (including phenoxy) is 1. The predicted molar refractivity (Wildman–Crippen MR) is 87.1 cm³/mol. The number of benzene rings is 1. The van der Waals surface area contributed by atoms with Gasteiger partial charge >= 0.3 is 11.9 Å². The first-order valence-corrected chi connectivity index (χ1v) is 8.34. The SMILES string of the molecule is CCCCCC(=O)OOc1ccccc1OC(=O)CCCCC. The zero-order chi connectivity index (χ0) is 16.9. The molecule has 23 heavy (non-hydrogen) atoms. The van der Waals surface area contributed by atoms with Crippen LogP contribution in [-0.4, -0.2) is 11.9 Å². The lowest BCUT2D eigenvalue weighted by Gasteiger charge is -2.09. The number of rotatable bonds is 11. The van der Waals surface area contributed by atoms with Gasteiger partial charge in [-0.05, 0) is 25.0 Å². The summed E-state index contributed by atoms with van der Waals surface area (Å²) in [6.45, 7) is 4.14. The van der Waals surface area contributed by atoms with Crippen molar-refractivity contribution in [3.8, 4) is 11.5 Å². The Kier molecular flexibility index (Phi) is 9.52. The molecule has 5 nitrogen and oxygen atoms in total. The molecular formula is C18H26O5.